The molecule has 1 N–H and O–H groups in total. The van der Waals surface area contributed by atoms with Gasteiger partial charge in [0.05, 0.1) is 13.7 Å². The summed E-state index contributed by atoms with van der Waals surface area (Å²) in [6.07, 6.45) is 6.13. The molecule has 0 radical (unpaired) electrons. The van der Waals surface area contributed by atoms with Crippen molar-refractivity contribution in [1.29, 1.82) is 5.41 Å². The van der Waals surface area contributed by atoms with E-state index < -0.39 is 0 Å². The Hall–Kier alpha value is -1.55. The molecule has 1 aromatic carbocycles. The number of benzene rings is 1. The zero-order chi connectivity index (χ0) is 13.9. The van der Waals surface area contributed by atoms with Gasteiger partial charge in [-0.15, -0.1) is 11.3 Å². The molecule has 4 heteroatoms. The van der Waals surface area contributed by atoms with Gasteiger partial charge in [0.1, 0.15) is 5.75 Å². The molecule has 0 atom stereocenters. The van der Waals surface area contributed by atoms with Gasteiger partial charge in [0.2, 0.25) is 0 Å². The van der Waals surface area contributed by atoms with Gasteiger partial charge in [-0.3, -0.25) is 5.41 Å². The number of ether oxygens (including phenoxy) is 1. The average molecular weight is 288 g/mol. The third kappa shape index (κ3) is 2.66. The predicted octanol–water partition coefficient (Wildman–Crippen LogP) is 3.35. The van der Waals surface area contributed by atoms with Crippen LogP contribution in [0.2, 0.25) is 0 Å². The normalized spacial score (nSPS) is 14.7. The van der Waals surface area contributed by atoms with Gasteiger partial charge >= 0.3 is 0 Å². The lowest BCUT2D eigenvalue weighted by atomic mass is 10.2. The molecule has 0 fully saturated rings. The van der Waals surface area contributed by atoms with Crippen LogP contribution in [0.4, 0.5) is 0 Å². The van der Waals surface area contributed by atoms with Crippen LogP contribution >= 0.6 is 11.3 Å². The van der Waals surface area contributed by atoms with Crippen LogP contribution < -0.4 is 9.54 Å². The number of thiazole rings is 1. The highest BCUT2D eigenvalue weighted by atomic mass is 32.1. The fourth-order valence-electron chi connectivity index (χ4n) is 2.81. The number of aryl methyl sites for hydroxylation is 1. The lowest BCUT2D eigenvalue weighted by molar-refractivity contribution is 0.414. The first-order valence-corrected chi connectivity index (χ1v) is 7.98. The van der Waals surface area contributed by atoms with E-state index in [4.69, 9.17) is 10.1 Å². The van der Waals surface area contributed by atoms with E-state index in [2.05, 4.69) is 16.7 Å². The second-order valence-corrected chi connectivity index (χ2v) is 6.36. The fraction of sp³-hybridized carbons (Fsp3) is 0.438. The Morgan fingerprint density at radius 2 is 1.90 bits per heavy atom. The van der Waals surface area contributed by atoms with Gasteiger partial charge in [-0.25, -0.2) is 0 Å². The van der Waals surface area contributed by atoms with Crippen molar-refractivity contribution in [1.82, 2.24) is 4.57 Å². The van der Waals surface area contributed by atoms with Crippen LogP contribution in [0.15, 0.2) is 24.3 Å². The summed E-state index contributed by atoms with van der Waals surface area (Å²) in [5.74, 6) is 0.883. The topological polar surface area (TPSA) is 38.0 Å². The summed E-state index contributed by atoms with van der Waals surface area (Å²) >= 11 is 1.66. The summed E-state index contributed by atoms with van der Waals surface area (Å²) in [7, 11) is 1.68. The molecule has 3 nitrogen and oxygen atoms in total. The van der Waals surface area contributed by atoms with E-state index in [0.717, 1.165) is 25.1 Å². The van der Waals surface area contributed by atoms with Crippen LogP contribution in [0.1, 0.15) is 35.4 Å². The molecule has 1 aliphatic rings. The molecule has 1 heterocycles. The molecule has 0 spiro atoms. The lowest BCUT2D eigenvalue weighted by Crippen LogP contribution is -2.17. The Bertz CT molecular complexity index is 639. The Kier molecular flexibility index (Phi) is 3.92. The molecule has 0 saturated carbocycles. The second kappa shape index (κ2) is 5.83. The number of nitrogens with zero attached hydrogens (tertiary/aromatic N) is 1. The maximum absolute atomic E-state index is 8.22. The maximum Gasteiger partial charge on any atom is 0.182 e. The second-order valence-electron chi connectivity index (χ2n) is 5.27. The molecule has 0 amide bonds. The van der Waals surface area contributed by atoms with E-state index in [0.29, 0.717) is 4.80 Å². The van der Waals surface area contributed by atoms with Gasteiger partial charge in [0, 0.05) is 10.6 Å². The number of hydrogen-bond acceptors (Lipinski definition) is 3. The summed E-state index contributed by atoms with van der Waals surface area (Å²) in [6.45, 7) is 0.800. The quantitative estimate of drug-likeness (QED) is 0.864. The van der Waals surface area contributed by atoms with Crippen molar-refractivity contribution >= 4 is 11.3 Å². The zero-order valence-electron chi connectivity index (χ0n) is 11.8. The third-order valence-electron chi connectivity index (χ3n) is 3.93. The molecule has 2 aromatic rings. The third-order valence-corrected chi connectivity index (χ3v) is 5.03. The van der Waals surface area contributed by atoms with Gasteiger partial charge in [-0.1, -0.05) is 18.6 Å². The maximum atomic E-state index is 8.22. The summed E-state index contributed by atoms with van der Waals surface area (Å²) in [4.78, 5) is 2.12. The van der Waals surface area contributed by atoms with Crippen LogP contribution in [0.3, 0.4) is 0 Å². The first-order chi connectivity index (χ1) is 9.78. The largest absolute Gasteiger partial charge is 0.497 e. The molecule has 1 aromatic heterocycles. The van der Waals surface area contributed by atoms with Crippen LogP contribution in [0, 0.1) is 5.41 Å². The number of hydrogen-bond donors (Lipinski definition) is 1. The SMILES string of the molecule is COc1ccc(Cn2c3c(sc2=N)CCCCC3)cc1. The minimum absolute atomic E-state index is 0.688. The average Bonchev–Trinajstić information content (AvgIpc) is 2.65. The molecule has 0 bridgehead atoms. The van der Waals surface area contributed by atoms with Gasteiger partial charge in [-0.05, 0) is 43.4 Å². The minimum atomic E-state index is 0.688. The van der Waals surface area contributed by atoms with Crippen molar-refractivity contribution in [2.45, 2.75) is 38.6 Å². The Morgan fingerprint density at radius 1 is 1.15 bits per heavy atom. The zero-order valence-corrected chi connectivity index (χ0v) is 12.6. The van der Waals surface area contributed by atoms with E-state index in [1.165, 1.54) is 35.4 Å². The van der Waals surface area contributed by atoms with Crippen LogP contribution in [0.25, 0.3) is 0 Å². The van der Waals surface area contributed by atoms with Crippen LogP contribution in [-0.4, -0.2) is 11.7 Å². The van der Waals surface area contributed by atoms with Gasteiger partial charge < -0.3 is 9.30 Å². The first-order valence-electron chi connectivity index (χ1n) is 7.17. The molecule has 3 rings (SSSR count). The molecule has 106 valence electrons. The van der Waals surface area contributed by atoms with Gasteiger partial charge in [-0.2, -0.15) is 0 Å². The molecule has 20 heavy (non-hydrogen) atoms. The lowest BCUT2D eigenvalue weighted by Gasteiger charge is -2.09. The van der Waals surface area contributed by atoms with Crippen molar-refractivity contribution in [3.8, 4) is 5.75 Å². The van der Waals surface area contributed by atoms with Crippen molar-refractivity contribution in [3.63, 3.8) is 0 Å². The highest BCUT2D eigenvalue weighted by Crippen LogP contribution is 2.23. The smallest absolute Gasteiger partial charge is 0.182 e. The molecular formula is C16H20N2OS. The van der Waals surface area contributed by atoms with Gasteiger partial charge in [0.25, 0.3) is 0 Å². The number of fused-ring (bicyclic) bond motifs is 1. The monoisotopic (exact) mass is 288 g/mol. The first kappa shape index (κ1) is 13.4. The molecule has 0 saturated heterocycles. The van der Waals surface area contributed by atoms with Crippen molar-refractivity contribution in [2.75, 3.05) is 7.11 Å². The number of methoxy groups -OCH3 is 1. The van der Waals surface area contributed by atoms with Crippen LogP contribution in [-0.2, 0) is 19.4 Å². The Morgan fingerprint density at radius 3 is 2.65 bits per heavy atom. The molecular weight excluding hydrogens is 268 g/mol. The Labute approximate surface area is 123 Å². The molecule has 1 aliphatic carbocycles. The Balaban J connectivity index is 1.89. The fourth-order valence-corrected chi connectivity index (χ4v) is 3.90. The highest BCUT2D eigenvalue weighted by Gasteiger charge is 2.15. The van der Waals surface area contributed by atoms with Crippen molar-refractivity contribution in [2.24, 2.45) is 0 Å². The highest BCUT2D eigenvalue weighted by molar-refractivity contribution is 7.09. The van der Waals surface area contributed by atoms with Crippen molar-refractivity contribution < 1.29 is 4.74 Å². The number of aromatic nitrogens is 1. The summed E-state index contributed by atoms with van der Waals surface area (Å²) in [5.41, 5.74) is 2.63. The standard InChI is InChI=1S/C16H20N2OS/c1-19-13-9-7-12(8-10-13)11-18-14-5-3-2-4-6-15(14)20-16(18)17/h7-10,17H,2-6,11H2,1H3. The molecule has 0 aliphatic heterocycles. The van der Waals surface area contributed by atoms with E-state index in [1.54, 1.807) is 18.4 Å². The van der Waals surface area contributed by atoms with Crippen LogP contribution in [0.5, 0.6) is 5.75 Å². The van der Waals surface area contributed by atoms with E-state index in [-0.39, 0.29) is 0 Å². The summed E-state index contributed by atoms with van der Waals surface area (Å²) in [5, 5.41) is 8.22. The minimum Gasteiger partial charge on any atom is -0.497 e. The molecule has 0 unspecified atom stereocenters. The summed E-state index contributed by atoms with van der Waals surface area (Å²) < 4.78 is 7.38. The van der Waals surface area contributed by atoms with Gasteiger partial charge in [0.15, 0.2) is 4.80 Å². The predicted molar refractivity (Wildman–Crippen MR) is 81.5 cm³/mol. The van der Waals surface area contributed by atoms with Crippen molar-refractivity contribution in [3.05, 3.63) is 45.2 Å². The van der Waals surface area contributed by atoms with E-state index >= 15 is 0 Å². The van der Waals surface area contributed by atoms with E-state index in [1.807, 2.05) is 12.1 Å². The summed E-state index contributed by atoms with van der Waals surface area (Å²) in [6, 6.07) is 8.16. The number of nitrogens with one attached hydrogen (secondary N) is 1. The number of rotatable bonds is 3. The van der Waals surface area contributed by atoms with E-state index in [9.17, 15) is 0 Å².